The lowest BCUT2D eigenvalue weighted by atomic mass is 10.1. The van der Waals surface area contributed by atoms with Crippen molar-refractivity contribution in [2.75, 3.05) is 24.3 Å². The summed E-state index contributed by atoms with van der Waals surface area (Å²) in [6.45, 7) is 2.14. The molecule has 1 aromatic heterocycles. The van der Waals surface area contributed by atoms with Crippen molar-refractivity contribution in [3.63, 3.8) is 0 Å². The molecule has 0 aliphatic carbocycles. The van der Waals surface area contributed by atoms with Gasteiger partial charge in [-0.05, 0) is 31.2 Å². The number of benzene rings is 1. The second-order valence-electron chi connectivity index (χ2n) is 4.75. The first-order chi connectivity index (χ1) is 8.56. The van der Waals surface area contributed by atoms with Crippen LogP contribution in [0.5, 0.6) is 0 Å². The quantitative estimate of drug-likeness (QED) is 0.897. The van der Waals surface area contributed by atoms with Crippen LogP contribution in [0.15, 0.2) is 36.7 Å². The van der Waals surface area contributed by atoms with E-state index >= 15 is 0 Å². The number of aryl methyl sites for hydroxylation is 1. The monoisotopic (exact) mass is 244 g/mol. The summed E-state index contributed by atoms with van der Waals surface area (Å²) in [5.41, 5.74) is 3.51. The maximum Gasteiger partial charge on any atom is 0.0542 e. The third kappa shape index (κ3) is 2.83. The molecule has 0 fully saturated rings. The number of nitrogens with zero attached hydrogens (tertiary/aromatic N) is 3. The van der Waals surface area contributed by atoms with Crippen LogP contribution in [0.2, 0.25) is 0 Å². The molecule has 0 amide bonds. The molecule has 1 N–H and O–H groups in total. The van der Waals surface area contributed by atoms with Crippen LogP contribution in [0, 0.1) is 0 Å². The van der Waals surface area contributed by atoms with E-state index in [1.807, 2.05) is 38.2 Å². The minimum absolute atomic E-state index is 0.254. The summed E-state index contributed by atoms with van der Waals surface area (Å²) in [4.78, 5) is 2.09. The van der Waals surface area contributed by atoms with E-state index in [1.54, 1.807) is 0 Å². The fraction of sp³-hybridized carbons (Fsp3) is 0.357. The number of hydrogen-bond acceptors (Lipinski definition) is 3. The van der Waals surface area contributed by atoms with Crippen molar-refractivity contribution in [2.24, 2.45) is 7.05 Å². The van der Waals surface area contributed by atoms with Crippen LogP contribution in [0.4, 0.5) is 11.4 Å². The van der Waals surface area contributed by atoms with Crippen LogP contribution in [0.3, 0.4) is 0 Å². The molecule has 0 radical (unpaired) electrons. The van der Waals surface area contributed by atoms with Gasteiger partial charge in [0.1, 0.15) is 0 Å². The van der Waals surface area contributed by atoms with Crippen LogP contribution < -0.4 is 10.2 Å². The van der Waals surface area contributed by atoms with Gasteiger partial charge in [-0.2, -0.15) is 5.10 Å². The Morgan fingerprint density at radius 2 is 1.89 bits per heavy atom. The van der Waals surface area contributed by atoms with Gasteiger partial charge in [0.15, 0.2) is 0 Å². The molecule has 2 rings (SSSR count). The zero-order valence-electron chi connectivity index (χ0n) is 11.4. The molecule has 0 saturated heterocycles. The van der Waals surface area contributed by atoms with Gasteiger partial charge in [-0.3, -0.25) is 4.68 Å². The lowest BCUT2D eigenvalue weighted by Gasteiger charge is -2.16. The summed E-state index contributed by atoms with van der Waals surface area (Å²) in [7, 11) is 6.02. The van der Waals surface area contributed by atoms with Gasteiger partial charge in [0.25, 0.3) is 0 Å². The fourth-order valence-corrected chi connectivity index (χ4v) is 1.85. The average Bonchev–Trinajstić information content (AvgIpc) is 2.76. The summed E-state index contributed by atoms with van der Waals surface area (Å²) in [6, 6.07) is 8.67. The summed E-state index contributed by atoms with van der Waals surface area (Å²) < 4.78 is 1.82. The predicted molar refractivity (Wildman–Crippen MR) is 76.0 cm³/mol. The normalized spacial score (nSPS) is 12.2. The maximum absolute atomic E-state index is 4.19. The highest BCUT2D eigenvalue weighted by Gasteiger charge is 2.07. The number of hydrogen-bond donors (Lipinski definition) is 1. The highest BCUT2D eigenvalue weighted by molar-refractivity contribution is 5.55. The Hall–Kier alpha value is -1.97. The number of rotatable bonds is 4. The van der Waals surface area contributed by atoms with E-state index in [-0.39, 0.29) is 6.04 Å². The molecule has 0 saturated carbocycles. The van der Waals surface area contributed by atoms with E-state index in [9.17, 15) is 0 Å². The first kappa shape index (κ1) is 12.5. The highest BCUT2D eigenvalue weighted by Crippen LogP contribution is 2.21. The van der Waals surface area contributed by atoms with E-state index in [2.05, 4.69) is 46.5 Å². The molecule has 0 spiro atoms. The molecule has 1 aromatic carbocycles. The molecule has 0 aliphatic rings. The molecule has 1 atom stereocenters. The Labute approximate surface area is 108 Å². The third-order valence-corrected chi connectivity index (χ3v) is 2.99. The Morgan fingerprint density at radius 1 is 1.22 bits per heavy atom. The Morgan fingerprint density at radius 3 is 2.39 bits per heavy atom. The van der Waals surface area contributed by atoms with Gasteiger partial charge >= 0.3 is 0 Å². The number of nitrogens with one attached hydrogen (secondary N) is 1. The zero-order valence-corrected chi connectivity index (χ0v) is 11.4. The summed E-state index contributed by atoms with van der Waals surface area (Å²) in [5.74, 6) is 0. The SMILES string of the molecule is CC(Nc1ccc(N(C)C)cc1)c1cnn(C)c1. The fourth-order valence-electron chi connectivity index (χ4n) is 1.85. The Bertz CT molecular complexity index is 499. The molecular formula is C14H20N4. The van der Waals surface area contributed by atoms with Crippen LogP contribution in [0.1, 0.15) is 18.5 Å². The van der Waals surface area contributed by atoms with Crippen LogP contribution in [-0.2, 0) is 7.05 Å². The van der Waals surface area contributed by atoms with E-state index in [0.29, 0.717) is 0 Å². The largest absolute Gasteiger partial charge is 0.378 e. The molecular weight excluding hydrogens is 224 g/mol. The van der Waals surface area contributed by atoms with Crippen molar-refractivity contribution in [1.29, 1.82) is 0 Å². The summed E-state index contributed by atoms with van der Waals surface area (Å²) in [6.07, 6.45) is 3.93. The van der Waals surface area contributed by atoms with Gasteiger partial charge in [0.2, 0.25) is 0 Å². The van der Waals surface area contributed by atoms with Gasteiger partial charge in [-0.1, -0.05) is 0 Å². The smallest absolute Gasteiger partial charge is 0.0542 e. The van der Waals surface area contributed by atoms with E-state index in [1.165, 1.54) is 11.3 Å². The van der Waals surface area contributed by atoms with Crippen LogP contribution in [0.25, 0.3) is 0 Å². The molecule has 96 valence electrons. The zero-order chi connectivity index (χ0) is 13.1. The van der Waals surface area contributed by atoms with Crippen molar-refractivity contribution in [1.82, 2.24) is 9.78 Å². The van der Waals surface area contributed by atoms with E-state index < -0.39 is 0 Å². The molecule has 1 unspecified atom stereocenters. The minimum Gasteiger partial charge on any atom is -0.378 e. The average molecular weight is 244 g/mol. The first-order valence-electron chi connectivity index (χ1n) is 6.09. The molecule has 0 aliphatic heterocycles. The van der Waals surface area contributed by atoms with Crippen molar-refractivity contribution < 1.29 is 0 Å². The number of aromatic nitrogens is 2. The molecule has 1 heterocycles. The van der Waals surface area contributed by atoms with Gasteiger partial charge in [0, 0.05) is 44.3 Å². The topological polar surface area (TPSA) is 33.1 Å². The second-order valence-corrected chi connectivity index (χ2v) is 4.75. The van der Waals surface area contributed by atoms with Gasteiger partial charge in [-0.25, -0.2) is 0 Å². The lowest BCUT2D eigenvalue weighted by Crippen LogP contribution is -2.09. The summed E-state index contributed by atoms with van der Waals surface area (Å²) >= 11 is 0. The van der Waals surface area contributed by atoms with Gasteiger partial charge in [0.05, 0.1) is 12.2 Å². The molecule has 4 nitrogen and oxygen atoms in total. The van der Waals surface area contributed by atoms with Gasteiger partial charge in [-0.15, -0.1) is 0 Å². The predicted octanol–water partition coefficient (Wildman–Crippen LogP) is 2.66. The third-order valence-electron chi connectivity index (χ3n) is 2.99. The van der Waals surface area contributed by atoms with E-state index in [4.69, 9.17) is 0 Å². The molecule has 4 heteroatoms. The molecule has 0 bridgehead atoms. The Balaban J connectivity index is 2.05. The standard InChI is InChI=1S/C14H20N4/c1-11(12-9-15-18(4)10-12)16-13-5-7-14(8-6-13)17(2)3/h5-11,16H,1-4H3. The van der Waals surface area contributed by atoms with E-state index in [0.717, 1.165) is 5.69 Å². The van der Waals surface area contributed by atoms with Crippen molar-refractivity contribution in [2.45, 2.75) is 13.0 Å². The molecule has 2 aromatic rings. The second kappa shape index (κ2) is 5.12. The first-order valence-corrected chi connectivity index (χ1v) is 6.09. The lowest BCUT2D eigenvalue weighted by molar-refractivity contribution is 0.765. The highest BCUT2D eigenvalue weighted by atomic mass is 15.2. The van der Waals surface area contributed by atoms with Crippen LogP contribution in [-0.4, -0.2) is 23.9 Å². The Kier molecular flexibility index (Phi) is 3.55. The molecule has 18 heavy (non-hydrogen) atoms. The van der Waals surface area contributed by atoms with Crippen molar-refractivity contribution >= 4 is 11.4 Å². The van der Waals surface area contributed by atoms with Gasteiger partial charge < -0.3 is 10.2 Å². The minimum atomic E-state index is 0.254. The number of anilines is 2. The van der Waals surface area contributed by atoms with Crippen molar-refractivity contribution in [3.05, 3.63) is 42.2 Å². The maximum atomic E-state index is 4.19. The van der Waals surface area contributed by atoms with Crippen molar-refractivity contribution in [3.8, 4) is 0 Å². The van der Waals surface area contributed by atoms with Crippen LogP contribution >= 0.6 is 0 Å². The summed E-state index contributed by atoms with van der Waals surface area (Å²) in [5, 5.41) is 7.65.